The summed E-state index contributed by atoms with van der Waals surface area (Å²) < 4.78 is 7.26. The van der Waals surface area contributed by atoms with Gasteiger partial charge in [-0.3, -0.25) is 19.8 Å². The Morgan fingerprint density at radius 3 is 2.39 bits per heavy atom. The van der Waals surface area contributed by atoms with Gasteiger partial charge in [-0.25, -0.2) is 4.68 Å². The third kappa shape index (κ3) is 5.43. The highest BCUT2D eigenvalue weighted by atomic mass is 79.9. The molecule has 0 atom stereocenters. The molecule has 1 aromatic heterocycles. The molecule has 0 spiro atoms. The van der Waals surface area contributed by atoms with Crippen LogP contribution in [0.3, 0.4) is 0 Å². The Bertz CT molecular complexity index is 1120. The molecule has 0 radical (unpaired) electrons. The molecule has 0 aliphatic carbocycles. The highest BCUT2D eigenvalue weighted by molar-refractivity contribution is 9.10. The molecule has 0 fully saturated rings. The second-order valence-electron chi connectivity index (χ2n) is 7.30. The quantitative estimate of drug-likeness (QED) is 0.464. The van der Waals surface area contributed by atoms with Crippen molar-refractivity contribution >= 4 is 50.2 Å². The van der Waals surface area contributed by atoms with Crippen LogP contribution in [-0.2, 0) is 9.59 Å². The summed E-state index contributed by atoms with van der Waals surface area (Å²) in [6.45, 7) is 4.23. The highest BCUT2D eigenvalue weighted by Gasteiger charge is 2.21. The number of amides is 3. The molecule has 1 heterocycles. The van der Waals surface area contributed by atoms with Crippen LogP contribution in [0.4, 0.5) is 5.69 Å². The van der Waals surface area contributed by atoms with Gasteiger partial charge in [0.1, 0.15) is 11.4 Å². The van der Waals surface area contributed by atoms with Crippen LogP contribution in [0.5, 0.6) is 5.75 Å². The Labute approximate surface area is 188 Å². The number of hydrogen-bond donors (Lipinski definition) is 3. The molecule has 3 amide bonds. The Morgan fingerprint density at radius 2 is 1.74 bits per heavy atom. The number of hydrogen-bond acceptors (Lipinski definition) is 4. The normalized spacial score (nSPS) is 10.7. The van der Waals surface area contributed by atoms with E-state index in [0.29, 0.717) is 23.5 Å². The van der Waals surface area contributed by atoms with E-state index in [1.165, 1.54) is 4.68 Å². The maximum absolute atomic E-state index is 13.0. The molecule has 162 valence electrons. The molecule has 3 aromatic rings. The molecule has 0 aliphatic heterocycles. The van der Waals surface area contributed by atoms with Crippen LogP contribution >= 0.6 is 15.9 Å². The van der Waals surface area contributed by atoms with Crippen LogP contribution in [0.2, 0.25) is 0 Å². The van der Waals surface area contributed by atoms with Gasteiger partial charge >= 0.3 is 11.8 Å². The van der Waals surface area contributed by atoms with Crippen LogP contribution in [0.1, 0.15) is 24.3 Å². The molecule has 3 rings (SSSR count). The number of nitrogens with one attached hydrogen (secondary N) is 3. The number of methoxy groups -OCH3 is 1. The smallest absolute Gasteiger partial charge is 0.328 e. The van der Waals surface area contributed by atoms with E-state index in [9.17, 15) is 14.4 Å². The largest absolute Gasteiger partial charge is 0.497 e. The second-order valence-corrected chi connectivity index (χ2v) is 8.21. The molecule has 0 saturated heterocycles. The second kappa shape index (κ2) is 9.65. The summed E-state index contributed by atoms with van der Waals surface area (Å²) in [4.78, 5) is 37.6. The number of halogens is 1. The van der Waals surface area contributed by atoms with Gasteiger partial charge in [0.05, 0.1) is 12.6 Å². The van der Waals surface area contributed by atoms with Gasteiger partial charge in [-0.1, -0.05) is 29.8 Å². The van der Waals surface area contributed by atoms with Crippen molar-refractivity contribution in [1.82, 2.24) is 9.99 Å². The molecule has 8 nitrogen and oxygen atoms in total. The molecule has 2 aromatic carbocycles. The van der Waals surface area contributed by atoms with Gasteiger partial charge in [-0.05, 0) is 54.4 Å². The highest BCUT2D eigenvalue weighted by Crippen LogP contribution is 2.24. The number of rotatable bonds is 6. The average molecular weight is 487 g/mol. The standard InChI is InChI=1S/C22H23BrN4O4/c1-13(2)12-24-21(29)22(30)26-27-18-9-4-15(23)10-14(18)11-19(27)20(28)25-16-5-7-17(31-3)8-6-16/h4-11,13H,12H2,1-3H3,(H,24,29)(H,25,28)(H,26,30). The van der Waals surface area contributed by atoms with Crippen LogP contribution in [0.25, 0.3) is 10.9 Å². The first-order chi connectivity index (χ1) is 14.8. The Balaban J connectivity index is 1.89. The van der Waals surface area contributed by atoms with Crippen molar-refractivity contribution in [3.8, 4) is 5.75 Å². The van der Waals surface area contributed by atoms with Crippen molar-refractivity contribution in [2.24, 2.45) is 5.92 Å². The van der Waals surface area contributed by atoms with Crippen molar-refractivity contribution in [3.63, 3.8) is 0 Å². The van der Waals surface area contributed by atoms with Crippen LogP contribution < -0.4 is 20.8 Å². The molecular formula is C22H23BrN4O4. The lowest BCUT2D eigenvalue weighted by Crippen LogP contribution is -2.41. The van der Waals surface area contributed by atoms with Gasteiger partial charge < -0.3 is 15.4 Å². The lowest BCUT2D eigenvalue weighted by Gasteiger charge is -2.13. The fourth-order valence-electron chi connectivity index (χ4n) is 2.87. The molecule has 0 aliphatic rings. The minimum atomic E-state index is -0.862. The maximum atomic E-state index is 13.0. The number of aromatic nitrogens is 1. The zero-order valence-electron chi connectivity index (χ0n) is 17.4. The zero-order valence-corrected chi connectivity index (χ0v) is 18.9. The number of anilines is 1. The third-order valence-corrected chi connectivity index (χ3v) is 4.93. The van der Waals surface area contributed by atoms with Gasteiger partial charge in [0.15, 0.2) is 0 Å². The molecule has 31 heavy (non-hydrogen) atoms. The summed E-state index contributed by atoms with van der Waals surface area (Å²) in [5.74, 6) is -1.21. The summed E-state index contributed by atoms with van der Waals surface area (Å²) >= 11 is 3.41. The number of carbonyl (C=O) groups excluding carboxylic acids is 3. The van der Waals surface area contributed by atoms with Crippen molar-refractivity contribution in [3.05, 3.63) is 58.7 Å². The Kier molecular flexibility index (Phi) is 6.96. The van der Waals surface area contributed by atoms with Crippen LogP contribution in [0, 0.1) is 5.92 Å². The first kappa shape index (κ1) is 22.4. The molecule has 0 unspecified atom stereocenters. The SMILES string of the molecule is COc1ccc(NC(=O)c2cc3cc(Br)ccc3n2NC(=O)C(=O)NCC(C)C)cc1. The van der Waals surface area contributed by atoms with E-state index in [0.717, 1.165) is 9.86 Å². The van der Waals surface area contributed by atoms with E-state index in [1.54, 1.807) is 49.6 Å². The van der Waals surface area contributed by atoms with E-state index >= 15 is 0 Å². The van der Waals surface area contributed by atoms with Gasteiger partial charge in [-0.15, -0.1) is 0 Å². The number of nitrogens with zero attached hydrogens (tertiary/aromatic N) is 1. The molecule has 9 heteroatoms. The lowest BCUT2D eigenvalue weighted by atomic mass is 10.2. The van der Waals surface area contributed by atoms with E-state index in [4.69, 9.17) is 4.74 Å². The minimum absolute atomic E-state index is 0.175. The number of benzene rings is 2. The fraction of sp³-hybridized carbons (Fsp3) is 0.227. The molecular weight excluding hydrogens is 464 g/mol. The maximum Gasteiger partial charge on any atom is 0.328 e. The van der Waals surface area contributed by atoms with Crippen LogP contribution in [-0.4, -0.2) is 36.1 Å². The predicted molar refractivity (Wildman–Crippen MR) is 123 cm³/mol. The van der Waals surface area contributed by atoms with Crippen molar-refractivity contribution in [2.75, 3.05) is 24.4 Å². The van der Waals surface area contributed by atoms with E-state index in [1.807, 2.05) is 19.9 Å². The minimum Gasteiger partial charge on any atom is -0.497 e. The molecule has 3 N–H and O–H groups in total. The van der Waals surface area contributed by atoms with E-state index in [2.05, 4.69) is 32.0 Å². The first-order valence-corrected chi connectivity index (χ1v) is 10.4. The van der Waals surface area contributed by atoms with Crippen molar-refractivity contribution in [2.45, 2.75) is 13.8 Å². The van der Waals surface area contributed by atoms with Gasteiger partial charge in [0.25, 0.3) is 5.91 Å². The molecule has 0 bridgehead atoms. The van der Waals surface area contributed by atoms with E-state index < -0.39 is 17.7 Å². The van der Waals surface area contributed by atoms with Crippen molar-refractivity contribution < 1.29 is 19.1 Å². The molecule has 0 saturated carbocycles. The summed E-state index contributed by atoms with van der Waals surface area (Å²) in [6, 6.07) is 13.9. The Morgan fingerprint density at radius 1 is 1.03 bits per heavy atom. The monoisotopic (exact) mass is 486 g/mol. The fourth-order valence-corrected chi connectivity index (χ4v) is 3.25. The van der Waals surface area contributed by atoms with Gasteiger partial charge in [-0.2, -0.15) is 0 Å². The summed E-state index contributed by atoms with van der Waals surface area (Å²) in [5, 5.41) is 6.08. The predicted octanol–water partition coefficient (Wildman–Crippen LogP) is 3.51. The van der Waals surface area contributed by atoms with Gasteiger partial charge in [0.2, 0.25) is 0 Å². The average Bonchev–Trinajstić information content (AvgIpc) is 3.09. The van der Waals surface area contributed by atoms with Gasteiger partial charge in [0, 0.05) is 22.1 Å². The van der Waals surface area contributed by atoms with Crippen molar-refractivity contribution in [1.29, 1.82) is 0 Å². The summed E-state index contributed by atoms with van der Waals surface area (Å²) in [5.41, 5.74) is 3.84. The summed E-state index contributed by atoms with van der Waals surface area (Å²) in [7, 11) is 1.56. The zero-order chi connectivity index (χ0) is 22.5. The summed E-state index contributed by atoms with van der Waals surface area (Å²) in [6.07, 6.45) is 0. The first-order valence-electron chi connectivity index (χ1n) is 9.64. The Hall–Kier alpha value is -3.33. The van der Waals surface area contributed by atoms with E-state index in [-0.39, 0.29) is 11.6 Å². The number of ether oxygens (including phenoxy) is 1. The number of fused-ring (bicyclic) bond motifs is 1. The topological polar surface area (TPSA) is 101 Å². The third-order valence-electron chi connectivity index (χ3n) is 4.43. The lowest BCUT2D eigenvalue weighted by molar-refractivity contribution is -0.136. The number of carbonyl (C=O) groups is 3. The van der Waals surface area contributed by atoms with Crippen LogP contribution in [0.15, 0.2) is 53.0 Å².